The first-order valence-corrected chi connectivity index (χ1v) is 13.1. The summed E-state index contributed by atoms with van der Waals surface area (Å²) in [5.41, 5.74) is 2.84. The molecule has 0 unspecified atom stereocenters. The van der Waals surface area contributed by atoms with Gasteiger partial charge >= 0.3 is 218 Å². The van der Waals surface area contributed by atoms with Crippen molar-refractivity contribution >= 4 is 62.1 Å². The van der Waals surface area contributed by atoms with E-state index >= 15 is 0 Å². The summed E-state index contributed by atoms with van der Waals surface area (Å²) in [6.45, 7) is 8.35. The average Bonchev–Trinajstić information content (AvgIpc) is 3.19. The number of anilines is 1. The topological polar surface area (TPSA) is 99.5 Å². The Balaban J connectivity index is 0.00000320. The molecule has 194 valence electrons. The predicted molar refractivity (Wildman–Crippen MR) is 145 cm³/mol. The molecule has 5 rings (SSSR count). The number of carbonyl (C=O) groups is 2. The second-order valence-electron chi connectivity index (χ2n) is 9.76. The fraction of sp³-hybridized carbons (Fsp3) is 0.407. The standard InChI is InChI=1S/C27H28AsN3O5.ClH/c1-5-27(36-15(4)32)18-11-21-23-16(12-31(21)25(33)17(18)13-35-26(27)34)24(29-10-9-14(2)3)22-19(28)7-6-8-20(22)30-23;/h6-8,11,14H,5,9-10,12-13H2,1-4H3,(H,29,30);1H/t27-;/m0./s1. The third-order valence-electron chi connectivity index (χ3n) is 7.00. The molecule has 8 nitrogen and oxygen atoms in total. The van der Waals surface area contributed by atoms with Crippen LogP contribution in [0.4, 0.5) is 5.69 Å². The van der Waals surface area contributed by atoms with Crippen molar-refractivity contribution in [3.63, 3.8) is 0 Å². The number of esters is 2. The van der Waals surface area contributed by atoms with E-state index in [9.17, 15) is 14.4 Å². The SMILES string of the molecule is CC[C@@]1(OC(C)=O)C(=O)OCc2c1cc1n(c2=O)Cc2c-1nc1cccc([As])c1c2NCCC(C)C.Cl. The zero-order chi connectivity index (χ0) is 25.8. The summed E-state index contributed by atoms with van der Waals surface area (Å²) in [4.78, 5) is 43.6. The summed E-state index contributed by atoms with van der Waals surface area (Å²) in [5.74, 6) is -0.730. The zero-order valence-corrected chi connectivity index (χ0v) is 23.9. The minimum atomic E-state index is -1.65. The van der Waals surface area contributed by atoms with E-state index in [1.54, 1.807) is 17.6 Å². The van der Waals surface area contributed by atoms with Gasteiger partial charge in [-0.2, -0.15) is 0 Å². The molecule has 0 saturated carbocycles. The number of pyridine rings is 2. The second kappa shape index (κ2) is 10.1. The van der Waals surface area contributed by atoms with Crippen molar-refractivity contribution < 1.29 is 19.1 Å². The minimum absolute atomic E-state index is 0. The Morgan fingerprint density at radius 2 is 2.05 bits per heavy atom. The van der Waals surface area contributed by atoms with Gasteiger partial charge in [-0.3, -0.25) is 0 Å². The fourth-order valence-corrected chi connectivity index (χ4v) is 5.85. The Hall–Kier alpha value is -2.83. The minimum Gasteiger partial charge on any atom is -0.147 e. The van der Waals surface area contributed by atoms with Crippen LogP contribution in [0.25, 0.3) is 22.3 Å². The van der Waals surface area contributed by atoms with Gasteiger partial charge in [0.25, 0.3) is 0 Å². The number of halogens is 1. The van der Waals surface area contributed by atoms with Crippen molar-refractivity contribution in [2.45, 2.75) is 59.3 Å². The van der Waals surface area contributed by atoms with Crippen molar-refractivity contribution in [3.8, 4) is 11.4 Å². The van der Waals surface area contributed by atoms with Crippen molar-refractivity contribution in [1.82, 2.24) is 9.55 Å². The maximum atomic E-state index is 13.7. The molecule has 3 aromatic rings. The summed E-state index contributed by atoms with van der Waals surface area (Å²) in [7, 11) is 0. The molecule has 1 atom stereocenters. The molecule has 2 radical (unpaired) electrons. The van der Waals surface area contributed by atoms with Gasteiger partial charge in [0.15, 0.2) is 0 Å². The number of hydrogen-bond acceptors (Lipinski definition) is 7. The van der Waals surface area contributed by atoms with E-state index < -0.39 is 17.5 Å². The number of nitrogens with zero attached hydrogens (tertiary/aromatic N) is 2. The molecule has 0 aliphatic carbocycles. The first-order chi connectivity index (χ1) is 17.2. The van der Waals surface area contributed by atoms with Crippen molar-refractivity contribution in [3.05, 3.63) is 51.3 Å². The number of aromatic nitrogens is 2. The van der Waals surface area contributed by atoms with Crippen LogP contribution in [0.15, 0.2) is 29.1 Å². The van der Waals surface area contributed by atoms with Crippen LogP contribution in [0.5, 0.6) is 0 Å². The van der Waals surface area contributed by atoms with Gasteiger partial charge in [0.2, 0.25) is 0 Å². The fourth-order valence-electron chi connectivity index (χ4n) is 5.20. The van der Waals surface area contributed by atoms with E-state index in [4.69, 9.17) is 14.5 Å². The molecule has 0 spiro atoms. The van der Waals surface area contributed by atoms with E-state index in [-0.39, 0.29) is 31.0 Å². The molecule has 1 N–H and O–H groups in total. The molecule has 0 saturated heterocycles. The molecule has 0 bridgehead atoms. The zero-order valence-electron chi connectivity index (χ0n) is 21.2. The van der Waals surface area contributed by atoms with Crippen LogP contribution < -0.4 is 15.2 Å². The van der Waals surface area contributed by atoms with Crippen molar-refractivity contribution in [2.24, 2.45) is 5.92 Å². The molecule has 0 amide bonds. The average molecular weight is 586 g/mol. The van der Waals surface area contributed by atoms with Crippen LogP contribution >= 0.6 is 12.4 Å². The van der Waals surface area contributed by atoms with E-state index in [0.717, 1.165) is 39.5 Å². The molecule has 2 aliphatic rings. The van der Waals surface area contributed by atoms with Crippen molar-refractivity contribution in [1.29, 1.82) is 0 Å². The van der Waals surface area contributed by atoms with Crippen LogP contribution in [0.1, 0.15) is 57.2 Å². The molecule has 1 aromatic carbocycles. The summed E-state index contributed by atoms with van der Waals surface area (Å²) in [6, 6.07) is 7.75. The molecule has 2 aliphatic heterocycles. The van der Waals surface area contributed by atoms with Crippen LogP contribution in [0.2, 0.25) is 0 Å². The number of carbonyl (C=O) groups excluding carboxylic acids is 2. The number of cyclic esters (lactones) is 1. The van der Waals surface area contributed by atoms with Gasteiger partial charge in [-0.1, -0.05) is 0 Å². The van der Waals surface area contributed by atoms with Gasteiger partial charge in [0, 0.05) is 0 Å². The van der Waals surface area contributed by atoms with E-state index in [1.807, 2.05) is 18.2 Å². The number of fused-ring (bicyclic) bond motifs is 5. The first-order valence-electron chi connectivity index (χ1n) is 12.2. The van der Waals surface area contributed by atoms with Crippen LogP contribution in [0.3, 0.4) is 0 Å². The molecular formula is C27H29AsClN3O5. The normalized spacial score (nSPS) is 17.5. The van der Waals surface area contributed by atoms with Crippen LogP contribution in [0, 0.1) is 5.92 Å². The van der Waals surface area contributed by atoms with Gasteiger partial charge in [-0.25, -0.2) is 0 Å². The number of rotatable bonds is 6. The molecule has 0 fully saturated rings. The molecule has 2 aromatic heterocycles. The Morgan fingerprint density at radius 3 is 2.73 bits per heavy atom. The Bertz CT molecular complexity index is 1490. The molecule has 4 heterocycles. The third kappa shape index (κ3) is 4.34. The molecule has 10 heteroatoms. The summed E-state index contributed by atoms with van der Waals surface area (Å²) >= 11 is 2.60. The van der Waals surface area contributed by atoms with Gasteiger partial charge in [-0.05, 0) is 0 Å². The quantitative estimate of drug-likeness (QED) is 0.274. The smallest absolute Gasteiger partial charge is 0.147 e. The Morgan fingerprint density at radius 1 is 1.30 bits per heavy atom. The van der Waals surface area contributed by atoms with Gasteiger partial charge < -0.3 is 0 Å². The number of hydrogen-bond donors (Lipinski definition) is 1. The van der Waals surface area contributed by atoms with E-state index in [1.165, 1.54) is 6.92 Å². The van der Waals surface area contributed by atoms with Gasteiger partial charge in [0.1, 0.15) is 0 Å². The molecule has 37 heavy (non-hydrogen) atoms. The number of benzene rings is 1. The molecular weight excluding hydrogens is 557 g/mol. The Labute approximate surface area is 230 Å². The largest absolute Gasteiger partial charge is 0.147 e. The van der Waals surface area contributed by atoms with Crippen molar-refractivity contribution in [2.75, 3.05) is 11.9 Å². The maximum Gasteiger partial charge on any atom is -0.147 e. The summed E-state index contributed by atoms with van der Waals surface area (Å²) in [6.07, 6.45) is 1.15. The number of ether oxygens (including phenoxy) is 2. The predicted octanol–water partition coefficient (Wildman–Crippen LogP) is 3.32. The monoisotopic (exact) mass is 585 g/mol. The van der Waals surface area contributed by atoms with Crippen LogP contribution in [-0.2, 0) is 37.8 Å². The Kier molecular flexibility index (Phi) is 7.46. The van der Waals surface area contributed by atoms with Gasteiger partial charge in [-0.15, -0.1) is 12.4 Å². The van der Waals surface area contributed by atoms with Crippen LogP contribution in [-0.4, -0.2) is 44.9 Å². The van der Waals surface area contributed by atoms with E-state index in [2.05, 4.69) is 36.0 Å². The number of nitrogens with one attached hydrogen (secondary N) is 1. The summed E-state index contributed by atoms with van der Waals surface area (Å²) in [5, 5.41) is 4.65. The van der Waals surface area contributed by atoms with Gasteiger partial charge in [0.05, 0.1) is 0 Å². The maximum absolute atomic E-state index is 13.7. The third-order valence-corrected chi connectivity index (χ3v) is 7.78. The first kappa shape index (κ1) is 27.2. The summed E-state index contributed by atoms with van der Waals surface area (Å²) < 4.78 is 13.6. The van der Waals surface area contributed by atoms with E-state index in [0.29, 0.717) is 35.0 Å². The second-order valence-corrected chi connectivity index (χ2v) is 10.8.